The smallest absolute Gasteiger partial charge is 0.305 e. The Bertz CT molecular complexity index is 527. The fourth-order valence-corrected chi connectivity index (χ4v) is 2.94. The third-order valence-corrected chi connectivity index (χ3v) is 4.13. The number of rotatable bonds is 4. The van der Waals surface area contributed by atoms with E-state index >= 15 is 0 Å². The summed E-state index contributed by atoms with van der Waals surface area (Å²) in [6.45, 7) is 4.59. The van der Waals surface area contributed by atoms with E-state index in [1.165, 1.54) is 6.92 Å². The highest BCUT2D eigenvalue weighted by Crippen LogP contribution is 2.37. The van der Waals surface area contributed by atoms with E-state index in [-0.39, 0.29) is 17.5 Å². The zero-order valence-corrected chi connectivity index (χ0v) is 11.7. The summed E-state index contributed by atoms with van der Waals surface area (Å²) >= 11 is 0. The molecule has 0 bridgehead atoms. The van der Waals surface area contributed by atoms with Crippen molar-refractivity contribution in [3.05, 3.63) is 34.9 Å². The van der Waals surface area contributed by atoms with Gasteiger partial charge in [0, 0.05) is 5.56 Å². The molecule has 5 heteroatoms. The Hall–Kier alpha value is -1.49. The number of aliphatic carboxylic acids is 1. The van der Waals surface area contributed by atoms with Gasteiger partial charge in [0.1, 0.15) is 11.6 Å². The number of carboxylic acids is 1. The minimum atomic E-state index is -1.01. The van der Waals surface area contributed by atoms with Gasteiger partial charge in [-0.2, -0.15) is 0 Å². The molecule has 0 aliphatic carbocycles. The fraction of sp³-hybridized carbons (Fsp3) is 0.533. The van der Waals surface area contributed by atoms with Crippen LogP contribution in [-0.4, -0.2) is 29.1 Å². The molecule has 1 aliphatic heterocycles. The molecule has 0 spiro atoms. The van der Waals surface area contributed by atoms with E-state index < -0.39 is 23.1 Å². The molecule has 1 aromatic carbocycles. The summed E-state index contributed by atoms with van der Waals surface area (Å²) in [5.74, 6) is -2.06. The Morgan fingerprint density at radius 1 is 1.30 bits per heavy atom. The van der Waals surface area contributed by atoms with Gasteiger partial charge in [-0.05, 0) is 57.5 Å². The van der Waals surface area contributed by atoms with Gasteiger partial charge in [0.05, 0.1) is 12.0 Å². The summed E-state index contributed by atoms with van der Waals surface area (Å²) in [4.78, 5) is 13.1. The maximum atomic E-state index is 14.2. The van der Waals surface area contributed by atoms with Crippen LogP contribution in [0.2, 0.25) is 0 Å². The number of aryl methyl sites for hydroxylation is 1. The summed E-state index contributed by atoms with van der Waals surface area (Å²) in [6, 6.07) is 2.28. The quantitative estimate of drug-likeness (QED) is 0.923. The van der Waals surface area contributed by atoms with Gasteiger partial charge in [0.15, 0.2) is 0 Å². The van der Waals surface area contributed by atoms with Crippen molar-refractivity contribution in [3.63, 3.8) is 0 Å². The van der Waals surface area contributed by atoms with E-state index in [9.17, 15) is 13.6 Å². The minimum absolute atomic E-state index is 0.130. The lowest BCUT2D eigenvalue weighted by atomic mass is 9.85. The van der Waals surface area contributed by atoms with Crippen molar-refractivity contribution in [2.24, 2.45) is 0 Å². The Morgan fingerprint density at radius 3 is 2.45 bits per heavy atom. The van der Waals surface area contributed by atoms with Crippen LogP contribution in [0.25, 0.3) is 0 Å². The molecule has 1 heterocycles. The number of nitrogens with zero attached hydrogens (tertiary/aromatic N) is 1. The molecule has 2 rings (SSSR count). The van der Waals surface area contributed by atoms with Crippen LogP contribution >= 0.6 is 0 Å². The van der Waals surface area contributed by atoms with Crippen molar-refractivity contribution in [2.75, 3.05) is 13.1 Å². The van der Waals surface area contributed by atoms with Gasteiger partial charge in [-0.25, -0.2) is 8.78 Å². The lowest BCUT2D eigenvalue weighted by Gasteiger charge is -2.38. The zero-order valence-electron chi connectivity index (χ0n) is 11.7. The first-order chi connectivity index (χ1) is 9.34. The molecule has 20 heavy (non-hydrogen) atoms. The monoisotopic (exact) mass is 283 g/mol. The van der Waals surface area contributed by atoms with Crippen LogP contribution in [0.4, 0.5) is 8.78 Å². The fourth-order valence-electron chi connectivity index (χ4n) is 2.94. The van der Waals surface area contributed by atoms with Crippen LogP contribution < -0.4 is 0 Å². The van der Waals surface area contributed by atoms with Crippen molar-refractivity contribution in [3.8, 4) is 0 Å². The normalized spacial score (nSPS) is 19.0. The largest absolute Gasteiger partial charge is 0.481 e. The highest BCUT2D eigenvalue weighted by Gasteiger charge is 2.39. The van der Waals surface area contributed by atoms with E-state index in [1.807, 2.05) is 4.90 Å². The zero-order chi connectivity index (χ0) is 14.9. The van der Waals surface area contributed by atoms with Crippen LogP contribution in [-0.2, 0) is 10.3 Å². The lowest BCUT2D eigenvalue weighted by Crippen LogP contribution is -2.44. The number of benzene rings is 1. The number of likely N-dealkylation sites (tertiary alicyclic amines) is 1. The number of hydrogen-bond donors (Lipinski definition) is 1. The van der Waals surface area contributed by atoms with Crippen molar-refractivity contribution in [2.45, 2.75) is 38.6 Å². The average molecular weight is 283 g/mol. The van der Waals surface area contributed by atoms with Gasteiger partial charge in [0.2, 0.25) is 0 Å². The van der Waals surface area contributed by atoms with E-state index in [4.69, 9.17) is 5.11 Å². The van der Waals surface area contributed by atoms with E-state index in [0.717, 1.165) is 25.0 Å². The molecule has 1 aliphatic rings. The summed E-state index contributed by atoms with van der Waals surface area (Å²) in [5, 5.41) is 9.14. The third kappa shape index (κ3) is 2.68. The van der Waals surface area contributed by atoms with Gasteiger partial charge in [0.25, 0.3) is 0 Å². The third-order valence-electron chi connectivity index (χ3n) is 4.13. The van der Waals surface area contributed by atoms with Crippen molar-refractivity contribution in [1.29, 1.82) is 0 Å². The molecule has 1 aromatic rings. The first kappa shape index (κ1) is 14.9. The minimum Gasteiger partial charge on any atom is -0.481 e. The van der Waals surface area contributed by atoms with Crippen LogP contribution in [0, 0.1) is 18.6 Å². The van der Waals surface area contributed by atoms with E-state index in [1.54, 1.807) is 6.92 Å². The summed E-state index contributed by atoms with van der Waals surface area (Å²) in [7, 11) is 0. The molecule has 3 nitrogen and oxygen atoms in total. The first-order valence-electron chi connectivity index (χ1n) is 6.77. The first-order valence-corrected chi connectivity index (χ1v) is 6.77. The highest BCUT2D eigenvalue weighted by atomic mass is 19.1. The second-order valence-corrected chi connectivity index (χ2v) is 5.62. The molecule has 1 atom stereocenters. The van der Waals surface area contributed by atoms with Crippen LogP contribution in [0.1, 0.15) is 37.3 Å². The van der Waals surface area contributed by atoms with Crippen molar-refractivity contribution < 1.29 is 18.7 Å². The number of carboxylic acid groups (broad SMARTS) is 1. The second-order valence-electron chi connectivity index (χ2n) is 5.62. The van der Waals surface area contributed by atoms with Gasteiger partial charge in [-0.15, -0.1) is 0 Å². The van der Waals surface area contributed by atoms with Crippen LogP contribution in [0.15, 0.2) is 12.1 Å². The molecule has 0 amide bonds. The van der Waals surface area contributed by atoms with Gasteiger partial charge < -0.3 is 5.11 Å². The maximum Gasteiger partial charge on any atom is 0.305 e. The number of halogens is 2. The summed E-state index contributed by atoms with van der Waals surface area (Å²) in [6.07, 6.45) is 1.66. The Kier molecular flexibility index (Phi) is 4.09. The molecule has 1 unspecified atom stereocenters. The molecule has 1 N–H and O–H groups in total. The number of hydrogen-bond acceptors (Lipinski definition) is 2. The van der Waals surface area contributed by atoms with E-state index in [2.05, 4.69) is 0 Å². The van der Waals surface area contributed by atoms with E-state index in [0.29, 0.717) is 13.1 Å². The Labute approximate surface area is 117 Å². The summed E-state index contributed by atoms with van der Waals surface area (Å²) < 4.78 is 28.0. The van der Waals surface area contributed by atoms with Crippen LogP contribution in [0.5, 0.6) is 0 Å². The molecule has 0 saturated carbocycles. The molecule has 1 saturated heterocycles. The Morgan fingerprint density at radius 2 is 1.90 bits per heavy atom. The van der Waals surface area contributed by atoms with Crippen molar-refractivity contribution in [1.82, 2.24) is 4.90 Å². The molecule has 110 valence electrons. The molecular formula is C15H19F2NO2. The molecule has 1 fully saturated rings. The second kappa shape index (κ2) is 5.48. The average Bonchev–Trinajstić information content (AvgIpc) is 2.87. The van der Waals surface area contributed by atoms with Crippen molar-refractivity contribution >= 4 is 5.97 Å². The Balaban J connectivity index is 2.50. The van der Waals surface area contributed by atoms with Gasteiger partial charge in [-0.1, -0.05) is 0 Å². The topological polar surface area (TPSA) is 40.5 Å². The van der Waals surface area contributed by atoms with Gasteiger partial charge in [-0.3, -0.25) is 9.69 Å². The predicted molar refractivity (Wildman–Crippen MR) is 71.5 cm³/mol. The standard InChI is InChI=1S/C15H19F2NO2/c1-10-7-13(17)11(8-12(10)16)15(2,9-14(19)20)18-5-3-4-6-18/h7-8H,3-6,9H2,1-2H3,(H,19,20). The highest BCUT2D eigenvalue weighted by molar-refractivity contribution is 5.69. The predicted octanol–water partition coefficient (Wildman–Crippen LogP) is 3.06. The van der Waals surface area contributed by atoms with Gasteiger partial charge >= 0.3 is 5.97 Å². The molecule has 0 aromatic heterocycles. The maximum absolute atomic E-state index is 14.2. The lowest BCUT2D eigenvalue weighted by molar-refractivity contribution is -0.140. The molecule has 0 radical (unpaired) electrons. The summed E-state index contributed by atoms with van der Waals surface area (Å²) in [5.41, 5.74) is -0.656. The van der Waals surface area contributed by atoms with Crippen LogP contribution in [0.3, 0.4) is 0 Å². The number of carbonyl (C=O) groups is 1. The SMILES string of the molecule is Cc1cc(F)c(C(C)(CC(=O)O)N2CCCC2)cc1F. The molecular weight excluding hydrogens is 264 g/mol.